The number of hydrogen-bond acceptors (Lipinski definition) is 2. The molecule has 24 heavy (non-hydrogen) atoms. The van der Waals surface area contributed by atoms with Crippen LogP contribution < -0.4 is 5.32 Å². The standard InChI is InChI=1S/C18H21F2N3O/c1-12(2)21-11-17(24)23-9-8-22-7-3-4-16(22)18(23)14-6-5-13(19)10-15(14)20/h3-7,10,12,18,21H,8-9,11H2,1-2H3. The largest absolute Gasteiger partial charge is 0.348 e. The molecule has 0 radical (unpaired) electrons. The number of nitrogens with zero attached hydrogens (tertiary/aromatic N) is 2. The van der Waals surface area contributed by atoms with E-state index in [1.807, 2.05) is 36.7 Å². The molecular formula is C18H21F2N3O. The number of benzene rings is 1. The Labute approximate surface area is 140 Å². The number of amides is 1. The Balaban J connectivity index is 1.98. The Morgan fingerprint density at radius 3 is 2.79 bits per heavy atom. The number of fused-ring (bicyclic) bond motifs is 1. The molecule has 1 aromatic heterocycles. The van der Waals surface area contributed by atoms with Crippen molar-refractivity contribution in [1.82, 2.24) is 14.8 Å². The third-order valence-corrected chi connectivity index (χ3v) is 4.28. The average molecular weight is 333 g/mol. The minimum absolute atomic E-state index is 0.0927. The predicted molar refractivity (Wildman–Crippen MR) is 87.5 cm³/mol. The van der Waals surface area contributed by atoms with E-state index in [0.29, 0.717) is 18.7 Å². The lowest BCUT2D eigenvalue weighted by molar-refractivity contribution is -0.133. The van der Waals surface area contributed by atoms with Crippen molar-refractivity contribution >= 4 is 5.91 Å². The molecule has 0 saturated heterocycles. The summed E-state index contributed by atoms with van der Waals surface area (Å²) in [5.41, 5.74) is 1.15. The highest BCUT2D eigenvalue weighted by molar-refractivity contribution is 5.79. The second-order valence-electron chi connectivity index (χ2n) is 6.32. The summed E-state index contributed by atoms with van der Waals surface area (Å²) in [5, 5.41) is 3.10. The zero-order valence-corrected chi connectivity index (χ0v) is 13.8. The van der Waals surface area contributed by atoms with Gasteiger partial charge in [0.2, 0.25) is 5.91 Å². The van der Waals surface area contributed by atoms with Gasteiger partial charge < -0.3 is 14.8 Å². The number of carbonyl (C=O) groups is 1. The second kappa shape index (κ2) is 6.73. The lowest BCUT2D eigenvalue weighted by atomic mass is 9.99. The molecule has 0 saturated carbocycles. The number of halogens is 2. The molecule has 1 unspecified atom stereocenters. The molecule has 1 aliphatic heterocycles. The van der Waals surface area contributed by atoms with Gasteiger partial charge in [0.25, 0.3) is 0 Å². The molecule has 0 aliphatic carbocycles. The molecule has 3 rings (SSSR count). The fourth-order valence-electron chi connectivity index (χ4n) is 3.10. The summed E-state index contributed by atoms with van der Waals surface area (Å²) >= 11 is 0. The van der Waals surface area contributed by atoms with Crippen LogP contribution in [0.25, 0.3) is 0 Å². The van der Waals surface area contributed by atoms with Crippen molar-refractivity contribution < 1.29 is 13.6 Å². The molecule has 1 atom stereocenters. The van der Waals surface area contributed by atoms with Crippen molar-refractivity contribution in [3.8, 4) is 0 Å². The van der Waals surface area contributed by atoms with E-state index >= 15 is 0 Å². The van der Waals surface area contributed by atoms with Crippen LogP contribution in [0.2, 0.25) is 0 Å². The van der Waals surface area contributed by atoms with Gasteiger partial charge in [-0.25, -0.2) is 8.78 Å². The Morgan fingerprint density at radius 1 is 1.29 bits per heavy atom. The topological polar surface area (TPSA) is 37.3 Å². The fraction of sp³-hybridized carbons (Fsp3) is 0.389. The summed E-state index contributed by atoms with van der Waals surface area (Å²) < 4.78 is 29.7. The van der Waals surface area contributed by atoms with Gasteiger partial charge >= 0.3 is 0 Å². The molecular weight excluding hydrogens is 312 g/mol. The normalized spacial score (nSPS) is 17.2. The second-order valence-corrected chi connectivity index (χ2v) is 6.32. The summed E-state index contributed by atoms with van der Waals surface area (Å²) in [5.74, 6) is -1.35. The number of carbonyl (C=O) groups excluding carboxylic acids is 1. The quantitative estimate of drug-likeness (QED) is 0.934. The number of hydrogen-bond donors (Lipinski definition) is 1. The van der Waals surface area contributed by atoms with Crippen LogP contribution in [-0.2, 0) is 11.3 Å². The summed E-state index contributed by atoms with van der Waals surface area (Å²) in [6.07, 6.45) is 1.91. The highest BCUT2D eigenvalue weighted by atomic mass is 19.1. The SMILES string of the molecule is CC(C)NCC(=O)N1CCn2cccc2C1c1ccc(F)cc1F. The van der Waals surface area contributed by atoms with E-state index in [4.69, 9.17) is 0 Å². The molecule has 0 spiro atoms. The average Bonchev–Trinajstić information content (AvgIpc) is 3.00. The van der Waals surface area contributed by atoms with E-state index in [1.165, 1.54) is 12.1 Å². The Hall–Kier alpha value is -2.21. The van der Waals surface area contributed by atoms with Crippen LogP contribution in [0.3, 0.4) is 0 Å². The number of rotatable bonds is 4. The van der Waals surface area contributed by atoms with E-state index in [2.05, 4.69) is 5.32 Å². The van der Waals surface area contributed by atoms with Crippen molar-refractivity contribution in [1.29, 1.82) is 0 Å². The number of nitrogens with one attached hydrogen (secondary N) is 1. The van der Waals surface area contributed by atoms with Gasteiger partial charge in [-0.15, -0.1) is 0 Å². The molecule has 1 amide bonds. The van der Waals surface area contributed by atoms with Gasteiger partial charge in [-0.2, -0.15) is 0 Å². The Morgan fingerprint density at radius 2 is 2.08 bits per heavy atom. The molecule has 2 aromatic rings. The van der Waals surface area contributed by atoms with Crippen molar-refractivity contribution in [2.45, 2.75) is 32.5 Å². The van der Waals surface area contributed by atoms with Gasteiger partial charge in [0, 0.05) is 42.7 Å². The summed E-state index contributed by atoms with van der Waals surface area (Å²) in [6.45, 7) is 5.27. The molecule has 0 bridgehead atoms. The van der Waals surface area contributed by atoms with Crippen molar-refractivity contribution in [2.24, 2.45) is 0 Å². The van der Waals surface area contributed by atoms with Crippen molar-refractivity contribution in [3.63, 3.8) is 0 Å². The zero-order chi connectivity index (χ0) is 17.3. The first-order chi connectivity index (χ1) is 11.5. The van der Waals surface area contributed by atoms with Gasteiger partial charge in [-0.05, 0) is 18.2 Å². The Kier molecular flexibility index (Phi) is 4.66. The van der Waals surface area contributed by atoms with E-state index in [9.17, 15) is 13.6 Å². The van der Waals surface area contributed by atoms with Gasteiger partial charge in [-0.3, -0.25) is 4.79 Å². The van der Waals surface area contributed by atoms with E-state index in [-0.39, 0.29) is 18.5 Å². The maximum atomic E-state index is 14.4. The lowest BCUT2D eigenvalue weighted by Crippen LogP contribution is -2.47. The van der Waals surface area contributed by atoms with Crippen LogP contribution in [-0.4, -0.2) is 34.5 Å². The highest BCUT2D eigenvalue weighted by Crippen LogP contribution is 2.34. The van der Waals surface area contributed by atoms with Crippen LogP contribution in [0.1, 0.15) is 31.1 Å². The molecule has 1 aliphatic rings. The molecule has 128 valence electrons. The van der Waals surface area contributed by atoms with E-state index < -0.39 is 17.7 Å². The Bertz CT molecular complexity index is 742. The van der Waals surface area contributed by atoms with Crippen LogP contribution in [0, 0.1) is 11.6 Å². The van der Waals surface area contributed by atoms with Gasteiger partial charge in [0.1, 0.15) is 17.7 Å². The predicted octanol–water partition coefficient (Wildman–Crippen LogP) is 2.70. The summed E-state index contributed by atoms with van der Waals surface area (Å²) in [7, 11) is 0. The van der Waals surface area contributed by atoms with Crippen LogP contribution in [0.4, 0.5) is 8.78 Å². The monoisotopic (exact) mass is 333 g/mol. The van der Waals surface area contributed by atoms with Gasteiger partial charge in [0.15, 0.2) is 0 Å². The molecule has 1 aromatic carbocycles. The molecule has 6 heteroatoms. The molecule has 2 heterocycles. The smallest absolute Gasteiger partial charge is 0.237 e. The molecule has 0 fully saturated rings. The maximum Gasteiger partial charge on any atom is 0.237 e. The van der Waals surface area contributed by atoms with Crippen molar-refractivity contribution in [2.75, 3.05) is 13.1 Å². The third-order valence-electron chi connectivity index (χ3n) is 4.28. The van der Waals surface area contributed by atoms with Crippen molar-refractivity contribution in [3.05, 3.63) is 59.4 Å². The number of aromatic nitrogens is 1. The molecule has 4 nitrogen and oxygen atoms in total. The maximum absolute atomic E-state index is 14.4. The van der Waals surface area contributed by atoms with Crippen LogP contribution in [0.15, 0.2) is 36.5 Å². The first kappa shape index (κ1) is 16.6. The zero-order valence-electron chi connectivity index (χ0n) is 13.8. The third kappa shape index (κ3) is 3.19. The molecule has 1 N–H and O–H groups in total. The summed E-state index contributed by atoms with van der Waals surface area (Å²) in [6, 6.07) is 6.92. The summed E-state index contributed by atoms with van der Waals surface area (Å²) in [4.78, 5) is 14.3. The lowest BCUT2D eigenvalue weighted by Gasteiger charge is -2.37. The highest BCUT2D eigenvalue weighted by Gasteiger charge is 2.33. The minimum atomic E-state index is -0.635. The van der Waals surface area contributed by atoms with Gasteiger partial charge in [-0.1, -0.05) is 19.9 Å². The van der Waals surface area contributed by atoms with Crippen LogP contribution in [0.5, 0.6) is 0 Å². The van der Waals surface area contributed by atoms with Gasteiger partial charge in [0.05, 0.1) is 6.54 Å². The minimum Gasteiger partial charge on any atom is -0.348 e. The van der Waals surface area contributed by atoms with E-state index in [1.54, 1.807) is 4.90 Å². The first-order valence-corrected chi connectivity index (χ1v) is 8.10. The fourth-order valence-corrected chi connectivity index (χ4v) is 3.10. The van der Waals surface area contributed by atoms with Crippen LogP contribution >= 0.6 is 0 Å². The van der Waals surface area contributed by atoms with E-state index in [0.717, 1.165) is 11.8 Å². The first-order valence-electron chi connectivity index (χ1n) is 8.10.